The van der Waals surface area contributed by atoms with E-state index < -0.39 is 0 Å². The van der Waals surface area contributed by atoms with Gasteiger partial charge in [0.25, 0.3) is 0 Å². The summed E-state index contributed by atoms with van der Waals surface area (Å²) in [5.74, 6) is 1.49. The quantitative estimate of drug-likeness (QED) is 0.842. The average Bonchev–Trinajstić information content (AvgIpc) is 2.88. The van der Waals surface area contributed by atoms with Crippen LogP contribution >= 0.6 is 0 Å². The van der Waals surface area contributed by atoms with Crippen LogP contribution in [-0.4, -0.2) is 5.11 Å². The van der Waals surface area contributed by atoms with Gasteiger partial charge in [-0.1, -0.05) is 13.0 Å². The fraction of sp³-hybridized carbons (Fsp3) is 0.333. The first-order valence-corrected chi connectivity index (χ1v) is 6.39. The maximum atomic E-state index is 13.2. The van der Waals surface area contributed by atoms with Crippen LogP contribution in [0.1, 0.15) is 29.6 Å². The molecule has 3 nitrogen and oxygen atoms in total. The first-order valence-electron chi connectivity index (χ1n) is 6.39. The van der Waals surface area contributed by atoms with E-state index in [4.69, 9.17) is 9.52 Å². The molecule has 0 amide bonds. The lowest BCUT2D eigenvalue weighted by molar-refractivity contribution is 0.275. The molecule has 0 saturated heterocycles. The summed E-state index contributed by atoms with van der Waals surface area (Å²) < 4.78 is 18.8. The highest BCUT2D eigenvalue weighted by Crippen LogP contribution is 2.11. The fourth-order valence-corrected chi connectivity index (χ4v) is 1.90. The third-order valence-corrected chi connectivity index (χ3v) is 2.97. The number of hydrogen-bond donors (Lipinski definition) is 2. The van der Waals surface area contributed by atoms with Crippen molar-refractivity contribution < 1.29 is 13.9 Å². The van der Waals surface area contributed by atoms with E-state index in [-0.39, 0.29) is 12.4 Å². The van der Waals surface area contributed by atoms with E-state index in [2.05, 4.69) is 5.32 Å². The van der Waals surface area contributed by atoms with Gasteiger partial charge in [-0.25, -0.2) is 4.39 Å². The Morgan fingerprint density at radius 2 is 1.95 bits per heavy atom. The van der Waals surface area contributed by atoms with E-state index in [0.29, 0.717) is 18.7 Å². The van der Waals surface area contributed by atoms with Crippen molar-refractivity contribution in [3.63, 3.8) is 0 Å². The third kappa shape index (κ3) is 3.66. The van der Waals surface area contributed by atoms with Crippen LogP contribution in [0.3, 0.4) is 0 Å². The Morgan fingerprint density at radius 1 is 1.16 bits per heavy atom. The van der Waals surface area contributed by atoms with E-state index in [1.54, 1.807) is 12.1 Å². The minimum atomic E-state index is -0.370. The van der Waals surface area contributed by atoms with E-state index in [9.17, 15) is 4.39 Å². The van der Waals surface area contributed by atoms with Crippen LogP contribution in [0.2, 0.25) is 0 Å². The monoisotopic (exact) mass is 263 g/mol. The van der Waals surface area contributed by atoms with Crippen LogP contribution in [0, 0.1) is 5.82 Å². The Kier molecular flexibility index (Phi) is 4.71. The number of halogens is 1. The minimum Gasteiger partial charge on any atom is -0.465 e. The maximum absolute atomic E-state index is 13.2. The standard InChI is InChI=1S/C15H18FNO2/c1-2-13-4-5-14(19-13)9-17-8-11-3-6-15(16)12(7-11)10-18/h3-7,17-18H,2,8-10H2,1H3. The van der Waals surface area contributed by atoms with Crippen molar-refractivity contribution in [3.8, 4) is 0 Å². The Morgan fingerprint density at radius 3 is 2.63 bits per heavy atom. The molecule has 4 heteroatoms. The van der Waals surface area contributed by atoms with Crippen molar-refractivity contribution in [1.29, 1.82) is 0 Å². The van der Waals surface area contributed by atoms with Crippen molar-refractivity contribution in [2.75, 3.05) is 0 Å². The molecule has 0 atom stereocenters. The molecule has 0 unspecified atom stereocenters. The molecule has 0 radical (unpaired) electrons. The molecule has 1 heterocycles. The lowest BCUT2D eigenvalue weighted by Gasteiger charge is -2.06. The second-order valence-electron chi connectivity index (χ2n) is 4.41. The highest BCUT2D eigenvalue weighted by molar-refractivity contribution is 5.24. The fourth-order valence-electron chi connectivity index (χ4n) is 1.90. The largest absolute Gasteiger partial charge is 0.465 e. The molecular weight excluding hydrogens is 245 g/mol. The van der Waals surface area contributed by atoms with Gasteiger partial charge in [0.05, 0.1) is 13.2 Å². The zero-order valence-corrected chi connectivity index (χ0v) is 10.9. The lowest BCUT2D eigenvalue weighted by Crippen LogP contribution is -2.12. The molecule has 2 N–H and O–H groups in total. The summed E-state index contributed by atoms with van der Waals surface area (Å²) in [4.78, 5) is 0. The molecule has 1 aromatic carbocycles. The smallest absolute Gasteiger partial charge is 0.128 e. The Labute approximate surface area is 112 Å². The summed E-state index contributed by atoms with van der Waals surface area (Å²) in [6.45, 7) is 3.00. The van der Waals surface area contributed by atoms with Gasteiger partial charge in [-0.05, 0) is 29.8 Å². The van der Waals surface area contributed by atoms with Crippen LogP contribution in [0.25, 0.3) is 0 Å². The predicted octanol–water partition coefficient (Wildman–Crippen LogP) is 2.76. The molecule has 0 aliphatic carbocycles. The number of aliphatic hydroxyl groups is 1. The minimum absolute atomic E-state index is 0.280. The number of nitrogens with one attached hydrogen (secondary N) is 1. The highest BCUT2D eigenvalue weighted by Gasteiger charge is 2.03. The zero-order valence-electron chi connectivity index (χ0n) is 10.9. The average molecular weight is 263 g/mol. The Bertz CT molecular complexity index is 537. The molecule has 0 fully saturated rings. The van der Waals surface area contributed by atoms with Gasteiger partial charge in [-0.15, -0.1) is 0 Å². The second kappa shape index (κ2) is 6.50. The van der Waals surface area contributed by atoms with Crippen LogP contribution in [-0.2, 0) is 26.1 Å². The highest BCUT2D eigenvalue weighted by atomic mass is 19.1. The van der Waals surface area contributed by atoms with E-state index in [0.717, 1.165) is 23.5 Å². The first-order chi connectivity index (χ1) is 9.22. The van der Waals surface area contributed by atoms with Gasteiger partial charge in [-0.3, -0.25) is 0 Å². The van der Waals surface area contributed by atoms with E-state index >= 15 is 0 Å². The van der Waals surface area contributed by atoms with Crippen LogP contribution < -0.4 is 5.32 Å². The van der Waals surface area contributed by atoms with Gasteiger partial charge in [0, 0.05) is 18.5 Å². The van der Waals surface area contributed by atoms with Gasteiger partial charge in [0.2, 0.25) is 0 Å². The molecule has 0 aliphatic rings. The molecule has 0 spiro atoms. The molecule has 0 aliphatic heterocycles. The Hall–Kier alpha value is -1.65. The van der Waals surface area contributed by atoms with Gasteiger partial charge < -0.3 is 14.8 Å². The lowest BCUT2D eigenvalue weighted by atomic mass is 10.1. The number of aryl methyl sites for hydroxylation is 1. The van der Waals surface area contributed by atoms with E-state index in [1.807, 2.05) is 19.1 Å². The summed E-state index contributed by atoms with van der Waals surface area (Å²) >= 11 is 0. The van der Waals surface area contributed by atoms with Crippen molar-refractivity contribution in [2.24, 2.45) is 0 Å². The maximum Gasteiger partial charge on any atom is 0.128 e. The molecule has 19 heavy (non-hydrogen) atoms. The Balaban J connectivity index is 1.88. The van der Waals surface area contributed by atoms with E-state index in [1.165, 1.54) is 6.07 Å². The molecule has 1 aromatic heterocycles. The first kappa shape index (κ1) is 13.8. The second-order valence-corrected chi connectivity index (χ2v) is 4.41. The van der Waals surface area contributed by atoms with Crippen LogP contribution in [0.4, 0.5) is 4.39 Å². The molecular formula is C15H18FNO2. The summed E-state index contributed by atoms with van der Waals surface area (Å²) in [5.41, 5.74) is 1.26. The zero-order chi connectivity index (χ0) is 13.7. The number of hydrogen-bond acceptors (Lipinski definition) is 3. The summed E-state index contributed by atoms with van der Waals surface area (Å²) in [6, 6.07) is 8.68. The summed E-state index contributed by atoms with van der Waals surface area (Å²) in [5, 5.41) is 12.2. The summed E-state index contributed by atoms with van der Waals surface area (Å²) in [7, 11) is 0. The molecule has 2 aromatic rings. The van der Waals surface area contributed by atoms with Crippen molar-refractivity contribution >= 4 is 0 Å². The van der Waals surface area contributed by atoms with Crippen molar-refractivity contribution in [1.82, 2.24) is 5.32 Å². The number of rotatable bonds is 6. The van der Waals surface area contributed by atoms with Gasteiger partial charge in [-0.2, -0.15) is 0 Å². The number of furan rings is 1. The van der Waals surface area contributed by atoms with Gasteiger partial charge in [0.15, 0.2) is 0 Å². The number of benzene rings is 1. The molecule has 0 bridgehead atoms. The molecule has 2 rings (SSSR count). The summed E-state index contributed by atoms with van der Waals surface area (Å²) in [6.07, 6.45) is 0.887. The van der Waals surface area contributed by atoms with Gasteiger partial charge in [0.1, 0.15) is 17.3 Å². The van der Waals surface area contributed by atoms with Crippen molar-refractivity contribution in [2.45, 2.75) is 33.0 Å². The molecule has 0 saturated carbocycles. The normalized spacial score (nSPS) is 10.9. The third-order valence-electron chi connectivity index (χ3n) is 2.97. The van der Waals surface area contributed by atoms with Crippen LogP contribution in [0.5, 0.6) is 0 Å². The predicted molar refractivity (Wildman–Crippen MR) is 71.0 cm³/mol. The van der Waals surface area contributed by atoms with Crippen molar-refractivity contribution in [3.05, 3.63) is 58.8 Å². The SMILES string of the molecule is CCc1ccc(CNCc2ccc(F)c(CO)c2)o1. The number of aliphatic hydroxyl groups excluding tert-OH is 1. The topological polar surface area (TPSA) is 45.4 Å². The van der Waals surface area contributed by atoms with Gasteiger partial charge >= 0.3 is 0 Å². The van der Waals surface area contributed by atoms with Crippen LogP contribution in [0.15, 0.2) is 34.7 Å². The molecule has 102 valence electrons.